The Labute approximate surface area is 141 Å². The molecule has 0 saturated heterocycles. The SMILES string of the molecule is CC(C)(CNC(=O)C=Cc1ccccn1)c1ccc2c(c1)OCO2. The molecule has 0 saturated carbocycles. The number of hydrogen-bond acceptors (Lipinski definition) is 4. The zero-order chi connectivity index (χ0) is 17.0. The topological polar surface area (TPSA) is 60.5 Å². The summed E-state index contributed by atoms with van der Waals surface area (Å²) in [6.45, 7) is 4.92. The number of rotatable bonds is 5. The molecule has 0 fully saturated rings. The van der Waals surface area contributed by atoms with Crippen molar-refractivity contribution >= 4 is 12.0 Å². The number of nitrogens with zero attached hydrogens (tertiary/aromatic N) is 1. The van der Waals surface area contributed by atoms with Crippen LogP contribution in [0.3, 0.4) is 0 Å². The van der Waals surface area contributed by atoms with E-state index in [0.717, 1.165) is 22.8 Å². The molecule has 5 nitrogen and oxygen atoms in total. The van der Waals surface area contributed by atoms with Crippen molar-refractivity contribution < 1.29 is 14.3 Å². The number of aromatic nitrogens is 1. The maximum atomic E-state index is 12.0. The summed E-state index contributed by atoms with van der Waals surface area (Å²) in [4.78, 5) is 16.2. The van der Waals surface area contributed by atoms with Crippen molar-refractivity contribution in [1.29, 1.82) is 0 Å². The summed E-state index contributed by atoms with van der Waals surface area (Å²) in [6.07, 6.45) is 4.89. The Morgan fingerprint density at radius 2 is 2.08 bits per heavy atom. The van der Waals surface area contributed by atoms with Crippen LogP contribution in [0.15, 0.2) is 48.7 Å². The van der Waals surface area contributed by atoms with E-state index in [1.165, 1.54) is 6.08 Å². The summed E-state index contributed by atoms with van der Waals surface area (Å²) < 4.78 is 10.8. The van der Waals surface area contributed by atoms with Gasteiger partial charge in [-0.2, -0.15) is 0 Å². The molecule has 2 heterocycles. The normalized spacial score (nSPS) is 13.2. The molecule has 0 radical (unpaired) electrons. The highest BCUT2D eigenvalue weighted by Crippen LogP contribution is 2.36. The molecule has 124 valence electrons. The van der Waals surface area contributed by atoms with Gasteiger partial charge in [-0.05, 0) is 35.9 Å². The number of fused-ring (bicyclic) bond motifs is 1. The molecule has 0 spiro atoms. The quantitative estimate of drug-likeness (QED) is 0.859. The smallest absolute Gasteiger partial charge is 0.244 e. The Morgan fingerprint density at radius 1 is 1.25 bits per heavy atom. The Bertz CT molecular complexity index is 754. The van der Waals surface area contributed by atoms with E-state index in [1.54, 1.807) is 12.3 Å². The first kappa shape index (κ1) is 16.1. The summed E-state index contributed by atoms with van der Waals surface area (Å²) in [5, 5.41) is 2.93. The molecule has 0 unspecified atom stereocenters. The van der Waals surface area contributed by atoms with Gasteiger partial charge in [-0.3, -0.25) is 9.78 Å². The molecule has 0 atom stereocenters. The lowest BCUT2D eigenvalue weighted by Gasteiger charge is -2.25. The standard InChI is InChI=1S/C19H20N2O3/c1-19(2,14-6-8-16-17(11-14)24-13-23-16)12-21-18(22)9-7-15-5-3-4-10-20-15/h3-11H,12-13H2,1-2H3,(H,21,22). The molecule has 1 aromatic heterocycles. The Morgan fingerprint density at radius 3 is 2.88 bits per heavy atom. The second-order valence-corrected chi connectivity index (χ2v) is 6.26. The number of hydrogen-bond donors (Lipinski definition) is 1. The molecule has 1 N–H and O–H groups in total. The van der Waals surface area contributed by atoms with Crippen LogP contribution in [0, 0.1) is 0 Å². The van der Waals surface area contributed by atoms with Crippen LogP contribution in [0.5, 0.6) is 11.5 Å². The lowest BCUT2D eigenvalue weighted by Crippen LogP contribution is -2.35. The maximum absolute atomic E-state index is 12.0. The number of carbonyl (C=O) groups is 1. The predicted octanol–water partition coefficient (Wildman–Crippen LogP) is 2.92. The van der Waals surface area contributed by atoms with Crippen molar-refractivity contribution in [2.24, 2.45) is 0 Å². The third-order valence-corrected chi connectivity index (χ3v) is 3.95. The van der Waals surface area contributed by atoms with Crippen LogP contribution in [-0.4, -0.2) is 24.2 Å². The van der Waals surface area contributed by atoms with E-state index in [2.05, 4.69) is 24.1 Å². The van der Waals surface area contributed by atoms with Crippen LogP contribution in [0.2, 0.25) is 0 Å². The van der Waals surface area contributed by atoms with E-state index < -0.39 is 0 Å². The summed E-state index contributed by atoms with van der Waals surface area (Å²) >= 11 is 0. The van der Waals surface area contributed by atoms with Crippen molar-refractivity contribution in [3.05, 3.63) is 59.9 Å². The fourth-order valence-corrected chi connectivity index (χ4v) is 2.42. The Kier molecular flexibility index (Phi) is 4.51. The molecule has 3 rings (SSSR count). The lowest BCUT2D eigenvalue weighted by atomic mass is 9.84. The van der Waals surface area contributed by atoms with E-state index in [4.69, 9.17) is 9.47 Å². The van der Waals surface area contributed by atoms with Crippen molar-refractivity contribution in [2.75, 3.05) is 13.3 Å². The second-order valence-electron chi connectivity index (χ2n) is 6.26. The van der Waals surface area contributed by atoms with E-state index in [9.17, 15) is 4.79 Å². The monoisotopic (exact) mass is 324 g/mol. The van der Waals surface area contributed by atoms with Gasteiger partial charge in [0.25, 0.3) is 0 Å². The average molecular weight is 324 g/mol. The van der Waals surface area contributed by atoms with Gasteiger partial charge in [-0.1, -0.05) is 26.0 Å². The fourth-order valence-electron chi connectivity index (χ4n) is 2.42. The highest BCUT2D eigenvalue weighted by atomic mass is 16.7. The molecule has 1 amide bonds. The minimum absolute atomic E-state index is 0.144. The van der Waals surface area contributed by atoms with Crippen LogP contribution in [0.1, 0.15) is 25.1 Å². The highest BCUT2D eigenvalue weighted by Gasteiger charge is 2.24. The molecule has 5 heteroatoms. The first-order valence-corrected chi connectivity index (χ1v) is 7.82. The molecular formula is C19H20N2O3. The largest absolute Gasteiger partial charge is 0.454 e. The molecular weight excluding hydrogens is 304 g/mol. The second kappa shape index (κ2) is 6.74. The highest BCUT2D eigenvalue weighted by molar-refractivity contribution is 5.91. The van der Waals surface area contributed by atoms with Crippen LogP contribution in [0.25, 0.3) is 6.08 Å². The van der Waals surface area contributed by atoms with E-state index >= 15 is 0 Å². The van der Waals surface area contributed by atoms with E-state index in [1.807, 2.05) is 36.4 Å². The molecule has 1 aromatic carbocycles. The molecule has 24 heavy (non-hydrogen) atoms. The van der Waals surface area contributed by atoms with Gasteiger partial charge in [0.2, 0.25) is 12.7 Å². The number of nitrogens with one attached hydrogen (secondary N) is 1. The van der Waals surface area contributed by atoms with Gasteiger partial charge in [0.15, 0.2) is 11.5 Å². The van der Waals surface area contributed by atoms with Gasteiger partial charge in [0.1, 0.15) is 0 Å². The molecule has 1 aliphatic heterocycles. The van der Waals surface area contributed by atoms with Gasteiger partial charge in [0.05, 0.1) is 5.69 Å². The van der Waals surface area contributed by atoms with Gasteiger partial charge in [0, 0.05) is 24.2 Å². The molecule has 2 aromatic rings. The van der Waals surface area contributed by atoms with Crippen LogP contribution >= 0.6 is 0 Å². The third-order valence-electron chi connectivity index (χ3n) is 3.95. The molecule has 1 aliphatic rings. The minimum atomic E-state index is -0.227. The summed E-state index contributed by atoms with van der Waals surface area (Å²) in [6, 6.07) is 11.4. The first-order valence-electron chi connectivity index (χ1n) is 7.82. The van der Waals surface area contributed by atoms with E-state index in [0.29, 0.717) is 6.54 Å². The third kappa shape index (κ3) is 3.74. The zero-order valence-corrected chi connectivity index (χ0v) is 13.8. The number of pyridine rings is 1. The first-order chi connectivity index (χ1) is 11.5. The Balaban J connectivity index is 1.60. The van der Waals surface area contributed by atoms with Gasteiger partial charge in [-0.15, -0.1) is 0 Å². The number of benzene rings is 1. The van der Waals surface area contributed by atoms with E-state index in [-0.39, 0.29) is 18.1 Å². The number of amides is 1. The summed E-state index contributed by atoms with van der Waals surface area (Å²) in [5.74, 6) is 1.37. The summed E-state index contributed by atoms with van der Waals surface area (Å²) in [5.41, 5.74) is 1.61. The zero-order valence-electron chi connectivity index (χ0n) is 13.8. The van der Waals surface area contributed by atoms with Crippen LogP contribution < -0.4 is 14.8 Å². The Hall–Kier alpha value is -2.82. The lowest BCUT2D eigenvalue weighted by molar-refractivity contribution is -0.116. The average Bonchev–Trinajstić information content (AvgIpc) is 3.07. The van der Waals surface area contributed by atoms with Crippen molar-refractivity contribution in [3.8, 4) is 11.5 Å². The minimum Gasteiger partial charge on any atom is -0.454 e. The van der Waals surface area contributed by atoms with Gasteiger partial charge < -0.3 is 14.8 Å². The van der Waals surface area contributed by atoms with Crippen LogP contribution in [-0.2, 0) is 10.2 Å². The maximum Gasteiger partial charge on any atom is 0.244 e. The van der Waals surface area contributed by atoms with Crippen molar-refractivity contribution in [3.63, 3.8) is 0 Å². The van der Waals surface area contributed by atoms with Crippen molar-refractivity contribution in [2.45, 2.75) is 19.3 Å². The number of ether oxygens (including phenoxy) is 2. The molecule has 0 bridgehead atoms. The number of carbonyl (C=O) groups excluding carboxylic acids is 1. The van der Waals surface area contributed by atoms with Crippen molar-refractivity contribution in [1.82, 2.24) is 10.3 Å². The molecule has 0 aliphatic carbocycles. The fraction of sp³-hybridized carbons (Fsp3) is 0.263. The van der Waals surface area contributed by atoms with Gasteiger partial charge >= 0.3 is 0 Å². The summed E-state index contributed by atoms with van der Waals surface area (Å²) in [7, 11) is 0. The van der Waals surface area contributed by atoms with Crippen LogP contribution in [0.4, 0.5) is 0 Å². The van der Waals surface area contributed by atoms with Gasteiger partial charge in [-0.25, -0.2) is 0 Å². The predicted molar refractivity (Wildman–Crippen MR) is 91.9 cm³/mol.